The van der Waals surface area contributed by atoms with Crippen molar-refractivity contribution in [2.45, 2.75) is 6.92 Å². The molecule has 0 amide bonds. The molecule has 0 fully saturated rings. The maximum Gasteiger partial charge on any atom is 0.337 e. The van der Waals surface area contributed by atoms with E-state index in [0.29, 0.717) is 5.56 Å². The number of carboxylic acid groups (broad SMARTS) is 1. The first-order valence-corrected chi connectivity index (χ1v) is 6.08. The van der Waals surface area contributed by atoms with Crippen molar-refractivity contribution in [3.63, 3.8) is 0 Å². The van der Waals surface area contributed by atoms with Crippen molar-refractivity contribution >= 4 is 16.7 Å². The Morgan fingerprint density at radius 3 is 2.53 bits per heavy atom. The first-order valence-electron chi connectivity index (χ1n) is 6.08. The molecule has 3 aromatic rings. The lowest BCUT2D eigenvalue weighted by Gasteiger charge is -2.10. The molecule has 1 heterocycles. The number of carbonyl (C=O) groups is 1. The molecule has 0 spiro atoms. The van der Waals surface area contributed by atoms with Gasteiger partial charge in [-0.3, -0.25) is 0 Å². The van der Waals surface area contributed by atoms with Crippen molar-refractivity contribution in [2.75, 3.05) is 0 Å². The number of benzene rings is 2. The van der Waals surface area contributed by atoms with Crippen LogP contribution in [0.25, 0.3) is 16.5 Å². The standard InChI is InChI=1S/C16H13NO2/c1-11-13(16(18)19)9-10-17(11)15-8-4-6-12-5-2-3-7-14(12)15/h2-10H,1H3,(H,18,19). The van der Waals surface area contributed by atoms with E-state index in [9.17, 15) is 4.79 Å². The summed E-state index contributed by atoms with van der Waals surface area (Å²) >= 11 is 0. The Balaban J connectivity index is 2.28. The first-order chi connectivity index (χ1) is 9.18. The number of carboxylic acids is 1. The minimum Gasteiger partial charge on any atom is -0.478 e. The molecule has 3 rings (SSSR count). The Kier molecular flexibility index (Phi) is 2.60. The van der Waals surface area contributed by atoms with Gasteiger partial charge in [0, 0.05) is 17.3 Å². The number of fused-ring (bicyclic) bond motifs is 1. The van der Waals surface area contributed by atoms with Gasteiger partial charge >= 0.3 is 5.97 Å². The summed E-state index contributed by atoms with van der Waals surface area (Å²) in [5.74, 6) is -0.892. The second-order valence-electron chi connectivity index (χ2n) is 4.49. The van der Waals surface area contributed by atoms with Gasteiger partial charge in [-0.1, -0.05) is 36.4 Å². The maximum absolute atomic E-state index is 11.1. The van der Waals surface area contributed by atoms with Crippen LogP contribution in [0, 0.1) is 6.92 Å². The molecule has 0 aliphatic carbocycles. The van der Waals surface area contributed by atoms with Gasteiger partial charge in [-0.05, 0) is 24.4 Å². The van der Waals surface area contributed by atoms with Crippen LogP contribution >= 0.6 is 0 Å². The Morgan fingerprint density at radius 1 is 1.05 bits per heavy atom. The Morgan fingerprint density at radius 2 is 1.79 bits per heavy atom. The number of hydrogen-bond acceptors (Lipinski definition) is 1. The lowest BCUT2D eigenvalue weighted by atomic mass is 10.1. The van der Waals surface area contributed by atoms with Crippen LogP contribution in [-0.2, 0) is 0 Å². The molecular weight excluding hydrogens is 238 g/mol. The lowest BCUT2D eigenvalue weighted by molar-refractivity contribution is 0.0696. The predicted octanol–water partition coefficient (Wildman–Crippen LogP) is 3.64. The summed E-state index contributed by atoms with van der Waals surface area (Å²) in [5, 5.41) is 11.4. The van der Waals surface area contributed by atoms with Crippen LogP contribution in [0.5, 0.6) is 0 Å². The van der Waals surface area contributed by atoms with Crippen LogP contribution in [0.3, 0.4) is 0 Å². The van der Waals surface area contributed by atoms with Crippen LogP contribution < -0.4 is 0 Å². The van der Waals surface area contributed by atoms with Crippen molar-refractivity contribution in [2.24, 2.45) is 0 Å². The Labute approximate surface area is 110 Å². The summed E-state index contributed by atoms with van der Waals surface area (Å²) in [4.78, 5) is 11.1. The van der Waals surface area contributed by atoms with Crippen LogP contribution in [-0.4, -0.2) is 15.6 Å². The molecule has 1 N–H and O–H groups in total. The van der Waals surface area contributed by atoms with Gasteiger partial charge in [-0.2, -0.15) is 0 Å². The topological polar surface area (TPSA) is 42.2 Å². The monoisotopic (exact) mass is 251 g/mol. The molecule has 94 valence electrons. The van der Waals surface area contributed by atoms with Gasteiger partial charge in [0.15, 0.2) is 0 Å². The van der Waals surface area contributed by atoms with E-state index in [1.165, 1.54) is 0 Å². The largest absolute Gasteiger partial charge is 0.478 e. The van der Waals surface area contributed by atoms with Crippen molar-refractivity contribution in [3.8, 4) is 5.69 Å². The minimum atomic E-state index is -0.892. The summed E-state index contributed by atoms with van der Waals surface area (Å²) in [7, 11) is 0. The normalized spacial score (nSPS) is 10.8. The van der Waals surface area contributed by atoms with Crippen LogP contribution in [0.2, 0.25) is 0 Å². The number of rotatable bonds is 2. The van der Waals surface area contributed by atoms with E-state index in [1.54, 1.807) is 12.3 Å². The van der Waals surface area contributed by atoms with Crippen molar-refractivity contribution in [1.82, 2.24) is 4.57 Å². The maximum atomic E-state index is 11.1. The summed E-state index contributed by atoms with van der Waals surface area (Å²) in [6.07, 6.45) is 1.81. The quantitative estimate of drug-likeness (QED) is 0.755. The minimum absolute atomic E-state index is 0.341. The molecule has 0 radical (unpaired) electrons. The average molecular weight is 251 g/mol. The molecule has 0 saturated heterocycles. The summed E-state index contributed by atoms with van der Waals surface area (Å²) in [5.41, 5.74) is 2.08. The lowest BCUT2D eigenvalue weighted by Crippen LogP contribution is -2.01. The highest BCUT2D eigenvalue weighted by molar-refractivity contribution is 5.92. The van der Waals surface area contributed by atoms with Gasteiger partial charge in [-0.15, -0.1) is 0 Å². The molecule has 0 aliphatic heterocycles. The smallest absolute Gasteiger partial charge is 0.337 e. The fourth-order valence-corrected chi connectivity index (χ4v) is 2.42. The highest BCUT2D eigenvalue weighted by Crippen LogP contribution is 2.24. The molecular formula is C16H13NO2. The molecule has 0 saturated carbocycles. The molecule has 0 atom stereocenters. The van der Waals surface area contributed by atoms with Gasteiger partial charge in [0.2, 0.25) is 0 Å². The van der Waals surface area contributed by atoms with Gasteiger partial charge in [-0.25, -0.2) is 4.79 Å². The summed E-state index contributed by atoms with van der Waals surface area (Å²) in [6.45, 7) is 1.82. The first kappa shape index (κ1) is 11.5. The third-order valence-electron chi connectivity index (χ3n) is 3.40. The van der Waals surface area contributed by atoms with Crippen LogP contribution in [0.4, 0.5) is 0 Å². The third kappa shape index (κ3) is 1.80. The second kappa shape index (κ2) is 4.28. The summed E-state index contributed by atoms with van der Waals surface area (Å²) in [6, 6.07) is 15.8. The average Bonchev–Trinajstić information content (AvgIpc) is 2.80. The fourth-order valence-electron chi connectivity index (χ4n) is 2.42. The molecule has 2 aromatic carbocycles. The van der Waals surface area contributed by atoms with Gasteiger partial charge in [0.1, 0.15) is 0 Å². The Hall–Kier alpha value is -2.55. The third-order valence-corrected chi connectivity index (χ3v) is 3.40. The predicted molar refractivity (Wildman–Crippen MR) is 75.0 cm³/mol. The molecule has 0 bridgehead atoms. The second-order valence-corrected chi connectivity index (χ2v) is 4.49. The van der Waals surface area contributed by atoms with Crippen LogP contribution in [0.1, 0.15) is 16.1 Å². The number of aromatic carboxylic acids is 1. The molecule has 3 nitrogen and oxygen atoms in total. The van der Waals surface area contributed by atoms with Crippen molar-refractivity contribution < 1.29 is 9.90 Å². The van der Waals surface area contributed by atoms with Crippen molar-refractivity contribution in [3.05, 3.63) is 66.0 Å². The highest BCUT2D eigenvalue weighted by atomic mass is 16.4. The highest BCUT2D eigenvalue weighted by Gasteiger charge is 2.13. The molecule has 19 heavy (non-hydrogen) atoms. The van der Waals surface area contributed by atoms with E-state index >= 15 is 0 Å². The van der Waals surface area contributed by atoms with Gasteiger partial charge in [0.05, 0.1) is 11.3 Å². The number of hydrogen-bond donors (Lipinski definition) is 1. The Bertz CT molecular complexity index is 766. The van der Waals surface area contributed by atoms with Crippen LogP contribution in [0.15, 0.2) is 54.7 Å². The zero-order chi connectivity index (χ0) is 13.4. The molecule has 3 heteroatoms. The zero-order valence-corrected chi connectivity index (χ0v) is 10.5. The van der Waals surface area contributed by atoms with E-state index in [4.69, 9.17) is 5.11 Å². The van der Waals surface area contributed by atoms with Crippen molar-refractivity contribution in [1.29, 1.82) is 0 Å². The van der Waals surface area contributed by atoms with E-state index in [1.807, 2.05) is 41.8 Å². The fraction of sp³-hybridized carbons (Fsp3) is 0.0625. The van der Waals surface area contributed by atoms with E-state index in [-0.39, 0.29) is 0 Å². The van der Waals surface area contributed by atoms with Gasteiger partial charge < -0.3 is 9.67 Å². The number of nitrogens with zero attached hydrogens (tertiary/aromatic N) is 1. The zero-order valence-electron chi connectivity index (χ0n) is 10.5. The molecule has 0 aliphatic rings. The van der Waals surface area contributed by atoms with Gasteiger partial charge in [0.25, 0.3) is 0 Å². The molecule has 1 aromatic heterocycles. The van der Waals surface area contributed by atoms with E-state index in [2.05, 4.69) is 12.1 Å². The SMILES string of the molecule is Cc1c(C(=O)O)ccn1-c1cccc2ccccc12. The van der Waals surface area contributed by atoms with E-state index < -0.39 is 5.97 Å². The molecule has 0 unspecified atom stereocenters. The van der Waals surface area contributed by atoms with E-state index in [0.717, 1.165) is 22.2 Å². The number of aromatic nitrogens is 1. The summed E-state index contributed by atoms with van der Waals surface area (Å²) < 4.78 is 1.92.